The molecule has 0 saturated heterocycles. The van der Waals surface area contributed by atoms with Crippen molar-refractivity contribution in [3.8, 4) is 5.69 Å². The van der Waals surface area contributed by atoms with Crippen LogP contribution in [0.5, 0.6) is 0 Å². The normalized spacial score (nSPS) is 12.5. The molecule has 0 bridgehead atoms. The van der Waals surface area contributed by atoms with Gasteiger partial charge in [-0.2, -0.15) is 5.10 Å². The Labute approximate surface area is 117 Å². The highest BCUT2D eigenvalue weighted by molar-refractivity contribution is 5.83. The van der Waals surface area contributed by atoms with Gasteiger partial charge in [-0.1, -0.05) is 37.3 Å². The van der Waals surface area contributed by atoms with E-state index in [9.17, 15) is 4.79 Å². The van der Waals surface area contributed by atoms with E-state index in [2.05, 4.69) is 5.10 Å². The van der Waals surface area contributed by atoms with Crippen LogP contribution in [0.25, 0.3) is 16.6 Å². The lowest BCUT2D eigenvalue weighted by molar-refractivity contribution is -0.118. The molecule has 1 atom stereocenters. The topological polar surface area (TPSA) is 34.9 Å². The van der Waals surface area contributed by atoms with Crippen LogP contribution in [-0.2, 0) is 4.79 Å². The van der Waals surface area contributed by atoms with Crippen LogP contribution in [0.3, 0.4) is 0 Å². The minimum absolute atomic E-state index is 0.0549. The van der Waals surface area contributed by atoms with Gasteiger partial charge in [0.05, 0.1) is 11.2 Å². The zero-order valence-corrected chi connectivity index (χ0v) is 11.6. The molecule has 0 aliphatic rings. The van der Waals surface area contributed by atoms with Crippen molar-refractivity contribution >= 4 is 16.7 Å². The lowest BCUT2D eigenvalue weighted by Gasteiger charge is -2.08. The van der Waals surface area contributed by atoms with Gasteiger partial charge in [-0.25, -0.2) is 4.68 Å². The molecule has 1 heterocycles. The van der Waals surface area contributed by atoms with Crippen molar-refractivity contribution in [2.75, 3.05) is 0 Å². The average molecular weight is 264 g/mol. The summed E-state index contributed by atoms with van der Waals surface area (Å²) in [6.45, 7) is 3.55. The van der Waals surface area contributed by atoms with Crippen LogP contribution in [0, 0.1) is 0 Å². The van der Waals surface area contributed by atoms with E-state index < -0.39 is 0 Å². The molecule has 1 unspecified atom stereocenters. The van der Waals surface area contributed by atoms with E-state index in [1.54, 1.807) is 6.92 Å². The van der Waals surface area contributed by atoms with Gasteiger partial charge in [0.2, 0.25) is 0 Å². The number of benzene rings is 2. The molecular formula is C17H16N2O. The van der Waals surface area contributed by atoms with Crippen molar-refractivity contribution in [1.29, 1.82) is 0 Å². The van der Waals surface area contributed by atoms with E-state index in [4.69, 9.17) is 0 Å². The van der Waals surface area contributed by atoms with Gasteiger partial charge in [-0.15, -0.1) is 0 Å². The SMILES string of the molecule is CC(=O)C(C)c1ccc(-n2cc3ccccc3n2)cc1. The smallest absolute Gasteiger partial charge is 0.136 e. The minimum Gasteiger partial charge on any atom is -0.299 e. The van der Waals surface area contributed by atoms with E-state index in [-0.39, 0.29) is 11.7 Å². The fourth-order valence-electron chi connectivity index (χ4n) is 2.25. The van der Waals surface area contributed by atoms with E-state index in [0.717, 1.165) is 22.2 Å². The van der Waals surface area contributed by atoms with Crippen molar-refractivity contribution < 1.29 is 4.79 Å². The largest absolute Gasteiger partial charge is 0.299 e. The number of ketones is 1. The Morgan fingerprint density at radius 1 is 1.10 bits per heavy atom. The lowest BCUT2D eigenvalue weighted by atomic mass is 9.97. The fraction of sp³-hybridized carbons (Fsp3) is 0.176. The molecule has 3 aromatic rings. The predicted octanol–water partition coefficient (Wildman–Crippen LogP) is 3.72. The molecule has 3 heteroatoms. The number of carbonyl (C=O) groups excluding carboxylic acids is 1. The molecule has 3 rings (SSSR count). The first kappa shape index (κ1) is 12.6. The van der Waals surface area contributed by atoms with E-state index in [1.807, 2.05) is 66.3 Å². The van der Waals surface area contributed by atoms with Crippen LogP contribution in [-0.4, -0.2) is 15.6 Å². The van der Waals surface area contributed by atoms with Crippen LogP contribution in [0.4, 0.5) is 0 Å². The standard InChI is InChI=1S/C17H16N2O/c1-12(13(2)20)14-7-9-16(10-8-14)19-11-15-5-3-4-6-17(15)18-19/h3-12H,1-2H3. The van der Waals surface area contributed by atoms with E-state index >= 15 is 0 Å². The maximum atomic E-state index is 11.4. The first-order valence-electron chi connectivity index (χ1n) is 6.70. The van der Waals surface area contributed by atoms with Gasteiger partial charge in [-0.05, 0) is 30.7 Å². The first-order valence-corrected chi connectivity index (χ1v) is 6.70. The molecule has 0 spiro atoms. The molecule has 0 aliphatic heterocycles. The van der Waals surface area contributed by atoms with Crippen LogP contribution in [0.2, 0.25) is 0 Å². The fourth-order valence-corrected chi connectivity index (χ4v) is 2.25. The summed E-state index contributed by atoms with van der Waals surface area (Å²) in [5, 5.41) is 5.66. The third-order valence-electron chi connectivity index (χ3n) is 3.68. The minimum atomic E-state index is -0.0549. The third-order valence-corrected chi connectivity index (χ3v) is 3.68. The maximum absolute atomic E-state index is 11.4. The van der Waals surface area contributed by atoms with Crippen LogP contribution in [0.1, 0.15) is 25.3 Å². The zero-order valence-electron chi connectivity index (χ0n) is 11.6. The first-order chi connectivity index (χ1) is 9.65. The Kier molecular flexibility index (Phi) is 3.11. The second-order valence-electron chi connectivity index (χ2n) is 5.06. The highest BCUT2D eigenvalue weighted by Crippen LogP contribution is 2.20. The van der Waals surface area contributed by atoms with Gasteiger partial charge in [0, 0.05) is 17.5 Å². The van der Waals surface area contributed by atoms with Gasteiger partial charge >= 0.3 is 0 Å². The van der Waals surface area contributed by atoms with Crippen LogP contribution >= 0.6 is 0 Å². The Hall–Kier alpha value is -2.42. The van der Waals surface area contributed by atoms with Crippen molar-refractivity contribution in [1.82, 2.24) is 9.78 Å². The van der Waals surface area contributed by atoms with Gasteiger partial charge in [0.1, 0.15) is 5.78 Å². The number of fused-ring (bicyclic) bond motifs is 1. The number of aromatic nitrogens is 2. The average Bonchev–Trinajstić information content (AvgIpc) is 2.90. The second-order valence-corrected chi connectivity index (χ2v) is 5.06. The highest BCUT2D eigenvalue weighted by atomic mass is 16.1. The van der Waals surface area contributed by atoms with E-state index in [1.165, 1.54) is 0 Å². The molecular weight excluding hydrogens is 248 g/mol. The van der Waals surface area contributed by atoms with Crippen molar-refractivity contribution in [2.24, 2.45) is 0 Å². The van der Waals surface area contributed by atoms with Gasteiger partial charge in [0.25, 0.3) is 0 Å². The molecule has 2 aromatic carbocycles. The van der Waals surface area contributed by atoms with Gasteiger partial charge in [0.15, 0.2) is 0 Å². The van der Waals surface area contributed by atoms with Gasteiger partial charge < -0.3 is 0 Å². The second kappa shape index (κ2) is 4.93. The summed E-state index contributed by atoms with van der Waals surface area (Å²) < 4.78 is 1.87. The number of carbonyl (C=O) groups is 1. The summed E-state index contributed by atoms with van der Waals surface area (Å²) in [5.74, 6) is 0.128. The lowest BCUT2D eigenvalue weighted by Crippen LogP contribution is -2.04. The van der Waals surface area contributed by atoms with Gasteiger partial charge in [-0.3, -0.25) is 4.79 Å². The number of rotatable bonds is 3. The number of hydrogen-bond donors (Lipinski definition) is 0. The third kappa shape index (κ3) is 2.23. The summed E-state index contributed by atoms with van der Waals surface area (Å²) in [5.41, 5.74) is 3.02. The summed E-state index contributed by atoms with van der Waals surface area (Å²) >= 11 is 0. The molecule has 0 fully saturated rings. The van der Waals surface area contributed by atoms with Crippen LogP contribution < -0.4 is 0 Å². The molecule has 0 radical (unpaired) electrons. The Morgan fingerprint density at radius 2 is 1.80 bits per heavy atom. The summed E-state index contributed by atoms with van der Waals surface area (Å²) in [6, 6.07) is 16.0. The van der Waals surface area contributed by atoms with E-state index in [0.29, 0.717) is 0 Å². The maximum Gasteiger partial charge on any atom is 0.136 e. The molecule has 0 amide bonds. The highest BCUT2D eigenvalue weighted by Gasteiger charge is 2.10. The summed E-state index contributed by atoms with van der Waals surface area (Å²) in [4.78, 5) is 11.4. The number of Topliss-reactive ketones (excluding diaryl/α,β-unsaturated/α-hetero) is 1. The van der Waals surface area contributed by atoms with Crippen molar-refractivity contribution in [3.05, 3.63) is 60.3 Å². The Balaban J connectivity index is 1.96. The molecule has 1 aromatic heterocycles. The van der Waals surface area contributed by atoms with Crippen molar-refractivity contribution in [3.63, 3.8) is 0 Å². The molecule has 3 nitrogen and oxygen atoms in total. The quantitative estimate of drug-likeness (QED) is 0.722. The summed E-state index contributed by atoms with van der Waals surface area (Å²) in [6.07, 6.45) is 2.01. The van der Waals surface area contributed by atoms with Crippen LogP contribution in [0.15, 0.2) is 54.7 Å². The Morgan fingerprint density at radius 3 is 2.45 bits per heavy atom. The monoisotopic (exact) mass is 264 g/mol. The number of nitrogens with zero attached hydrogens (tertiary/aromatic N) is 2. The Bertz CT molecular complexity index is 723. The molecule has 0 saturated carbocycles. The molecule has 100 valence electrons. The van der Waals surface area contributed by atoms with Crippen molar-refractivity contribution in [2.45, 2.75) is 19.8 Å². The molecule has 0 N–H and O–H groups in total. The molecule has 0 aliphatic carbocycles. The predicted molar refractivity (Wildman–Crippen MR) is 80.2 cm³/mol. The zero-order chi connectivity index (χ0) is 14.1. The number of hydrogen-bond acceptors (Lipinski definition) is 2. The summed E-state index contributed by atoms with van der Waals surface area (Å²) in [7, 11) is 0. The molecule has 20 heavy (non-hydrogen) atoms.